The molecule has 456 valence electrons. The number of hydrogen-bond donors (Lipinski definition) is 15. The van der Waals surface area contributed by atoms with Gasteiger partial charge < -0.3 is 81.6 Å². The highest BCUT2D eigenvalue weighted by Crippen LogP contribution is 2.15. The first kappa shape index (κ1) is 73.5. The van der Waals surface area contributed by atoms with Gasteiger partial charge in [-0.1, -0.05) is 75.7 Å². The average molecular weight is 1130 g/mol. The van der Waals surface area contributed by atoms with E-state index in [-0.39, 0.29) is 88.3 Å². The predicted molar refractivity (Wildman–Crippen MR) is 303 cm³/mol. The Labute approximate surface area is 469 Å². The van der Waals surface area contributed by atoms with Crippen LogP contribution in [0.3, 0.4) is 0 Å². The second-order valence-corrected chi connectivity index (χ2v) is 22.6. The van der Waals surface area contributed by atoms with Crippen LogP contribution in [0.2, 0.25) is 0 Å². The number of aliphatic hydroxyl groups is 1. The monoisotopic (exact) mass is 1120 g/mol. The smallest absolute Gasteiger partial charge is 0.245 e. The zero-order valence-electron chi connectivity index (χ0n) is 49.3. The highest BCUT2D eigenvalue weighted by atomic mass is 16.3. The van der Waals surface area contributed by atoms with E-state index in [1.165, 1.54) is 6.92 Å². The molecule has 11 atom stereocenters. The van der Waals surface area contributed by atoms with Gasteiger partial charge in [0.15, 0.2) is 0 Å². The summed E-state index contributed by atoms with van der Waals surface area (Å²) in [4.78, 5) is 137. The van der Waals surface area contributed by atoms with Crippen LogP contribution >= 0.6 is 0 Å². The topological polar surface area (TPSA) is 429 Å². The van der Waals surface area contributed by atoms with E-state index < -0.39 is 125 Å². The van der Waals surface area contributed by atoms with Gasteiger partial charge in [-0.2, -0.15) is 0 Å². The molecule has 0 rings (SSSR count). The molecule has 0 bridgehead atoms. The fourth-order valence-electron chi connectivity index (χ4n) is 8.59. The molecular formula is C54H104N14O11. The van der Waals surface area contributed by atoms with Gasteiger partial charge in [0.25, 0.3) is 0 Å². The summed E-state index contributed by atoms with van der Waals surface area (Å²) in [6.45, 7) is 20.1. The number of nitrogens with one attached hydrogen (secondary N) is 9. The van der Waals surface area contributed by atoms with E-state index in [4.69, 9.17) is 28.7 Å². The Balaban J connectivity index is 6.88. The summed E-state index contributed by atoms with van der Waals surface area (Å²) in [5, 5.41) is 35.1. The molecule has 25 heteroatoms. The molecule has 0 aliphatic heterocycles. The summed E-state index contributed by atoms with van der Waals surface area (Å²) in [6, 6.07) is -10.9. The fourth-order valence-corrected chi connectivity index (χ4v) is 8.59. The van der Waals surface area contributed by atoms with Crippen molar-refractivity contribution < 1.29 is 53.1 Å². The number of unbranched alkanes of at least 4 members (excludes halogenated alkanes) is 3. The summed E-state index contributed by atoms with van der Waals surface area (Å²) in [5.41, 5.74) is 28.5. The SMILES string of the molecule is CC[C@@H](C)[C@@H](NC(=O)[C@H](CCCCN)NC(=O)[C@H](CCCCN)NC(=O)[C@H](CC(C)C)NC(=O)[C@H](CC(C)C)NC(=O)CN)C(=O)N[C@@H](CCCCN)C(=O)N[C@H](C(=O)N[C@@H](CC(C)C)C(=O)N[C@@H](CC(C)C)C(N)=O)[C@@H](C)O. The maximum Gasteiger partial charge on any atom is 0.245 e. The third-order valence-electron chi connectivity index (χ3n) is 13.2. The van der Waals surface area contributed by atoms with Crippen molar-refractivity contribution in [1.29, 1.82) is 0 Å². The standard InChI is InChI=1S/C54H104N14O11/c1-12-34(10)44(53(78)63-38(21-15-18-24-57)49(74)68-45(35(11)69)54(79)66-42(28-33(8)9)52(77)64-39(46(59)71)25-30(2)3)67-48(73)37(20-14-17-23-56)61-47(72)36(19-13-16-22-55)62-51(76)41(27-32(6)7)65-50(75)40(26-31(4)5)60-43(70)29-58/h30-42,44-45,69H,12-29,55-58H2,1-11H3,(H2,59,71)(H,60,70)(H,61,72)(H,62,76)(H,63,78)(H,64,77)(H,65,75)(H,66,79)(H,67,73)(H,68,74)/t34-,35-,36+,37+,38+,39+,40+,41+,42+,44-,45+/m1/s1. The van der Waals surface area contributed by atoms with Crippen LogP contribution in [0.5, 0.6) is 0 Å². The molecule has 0 saturated carbocycles. The lowest BCUT2D eigenvalue weighted by Gasteiger charge is -2.30. The van der Waals surface area contributed by atoms with E-state index in [2.05, 4.69) is 47.9 Å². The van der Waals surface area contributed by atoms with Crippen LogP contribution in [0.4, 0.5) is 0 Å². The van der Waals surface area contributed by atoms with Crippen molar-refractivity contribution in [2.24, 2.45) is 58.3 Å². The minimum atomic E-state index is -1.61. The van der Waals surface area contributed by atoms with E-state index >= 15 is 0 Å². The molecule has 0 aromatic rings. The van der Waals surface area contributed by atoms with Gasteiger partial charge in [0.1, 0.15) is 54.4 Å². The van der Waals surface area contributed by atoms with Crippen LogP contribution in [0.15, 0.2) is 0 Å². The Kier molecular flexibility index (Phi) is 37.0. The molecular weight excluding hydrogens is 1020 g/mol. The molecule has 79 heavy (non-hydrogen) atoms. The van der Waals surface area contributed by atoms with E-state index in [1.54, 1.807) is 13.8 Å². The van der Waals surface area contributed by atoms with Crippen LogP contribution in [-0.4, -0.2) is 151 Å². The minimum absolute atomic E-state index is 0.00278. The molecule has 0 saturated heterocycles. The molecule has 0 unspecified atom stereocenters. The lowest BCUT2D eigenvalue weighted by atomic mass is 9.96. The zero-order chi connectivity index (χ0) is 60.5. The van der Waals surface area contributed by atoms with Gasteiger partial charge in [0.05, 0.1) is 12.6 Å². The van der Waals surface area contributed by atoms with Crippen LogP contribution in [0.1, 0.15) is 166 Å². The van der Waals surface area contributed by atoms with E-state index in [0.29, 0.717) is 51.5 Å². The summed E-state index contributed by atoms with van der Waals surface area (Å²) in [6.07, 6.45) is 2.54. The van der Waals surface area contributed by atoms with Gasteiger partial charge in [-0.05, 0) is 140 Å². The molecule has 0 aromatic heterocycles. The molecule has 0 spiro atoms. The van der Waals surface area contributed by atoms with Crippen LogP contribution in [0, 0.1) is 29.6 Å². The molecule has 0 heterocycles. The fraction of sp³-hybridized carbons (Fsp3) is 0.815. The summed E-state index contributed by atoms with van der Waals surface area (Å²) < 4.78 is 0. The number of carbonyl (C=O) groups excluding carboxylic acids is 10. The number of carbonyl (C=O) groups is 10. The molecule has 0 aliphatic carbocycles. The number of primary amides is 1. The molecule has 0 fully saturated rings. The van der Waals surface area contributed by atoms with Crippen LogP contribution in [0.25, 0.3) is 0 Å². The Morgan fingerprint density at radius 2 is 0.646 bits per heavy atom. The number of amides is 10. The Morgan fingerprint density at radius 3 is 0.975 bits per heavy atom. The first-order chi connectivity index (χ1) is 37.1. The highest BCUT2D eigenvalue weighted by Gasteiger charge is 2.37. The number of aliphatic hydroxyl groups excluding tert-OH is 1. The van der Waals surface area contributed by atoms with Crippen molar-refractivity contribution in [1.82, 2.24) is 47.9 Å². The van der Waals surface area contributed by atoms with Gasteiger partial charge in [0.2, 0.25) is 59.1 Å². The second kappa shape index (κ2) is 39.8. The van der Waals surface area contributed by atoms with Crippen molar-refractivity contribution in [3.8, 4) is 0 Å². The Hall–Kier alpha value is -5.50. The lowest BCUT2D eigenvalue weighted by molar-refractivity contribution is -0.137. The Bertz CT molecular complexity index is 1910. The normalized spacial score (nSPS) is 15.7. The Morgan fingerprint density at radius 1 is 0.367 bits per heavy atom. The minimum Gasteiger partial charge on any atom is -0.391 e. The van der Waals surface area contributed by atoms with Crippen molar-refractivity contribution in [3.63, 3.8) is 0 Å². The van der Waals surface area contributed by atoms with Crippen molar-refractivity contribution >= 4 is 59.1 Å². The van der Waals surface area contributed by atoms with Crippen molar-refractivity contribution in [2.75, 3.05) is 26.2 Å². The van der Waals surface area contributed by atoms with Gasteiger partial charge in [-0.3, -0.25) is 47.9 Å². The number of nitrogens with two attached hydrogens (primary N) is 5. The van der Waals surface area contributed by atoms with E-state index in [1.807, 2.05) is 55.4 Å². The predicted octanol–water partition coefficient (Wildman–Crippen LogP) is -1.21. The quantitative estimate of drug-likeness (QED) is 0.0319. The summed E-state index contributed by atoms with van der Waals surface area (Å²) >= 11 is 0. The first-order valence-corrected chi connectivity index (χ1v) is 28.6. The second-order valence-electron chi connectivity index (χ2n) is 22.6. The van der Waals surface area contributed by atoms with E-state index in [0.717, 1.165) is 0 Å². The molecule has 0 radical (unpaired) electrons. The lowest BCUT2D eigenvalue weighted by Crippen LogP contribution is -2.62. The third kappa shape index (κ3) is 30.1. The largest absolute Gasteiger partial charge is 0.391 e. The van der Waals surface area contributed by atoms with Gasteiger partial charge in [-0.15, -0.1) is 0 Å². The van der Waals surface area contributed by atoms with Gasteiger partial charge in [0, 0.05) is 0 Å². The van der Waals surface area contributed by atoms with Gasteiger partial charge in [-0.25, -0.2) is 0 Å². The molecule has 25 nitrogen and oxygen atoms in total. The molecule has 10 amide bonds. The maximum atomic E-state index is 14.4. The van der Waals surface area contributed by atoms with Crippen molar-refractivity contribution in [3.05, 3.63) is 0 Å². The molecule has 0 aromatic carbocycles. The summed E-state index contributed by atoms with van der Waals surface area (Å²) in [5.74, 6) is -7.96. The number of hydrogen-bond acceptors (Lipinski definition) is 15. The maximum absolute atomic E-state index is 14.4. The third-order valence-corrected chi connectivity index (χ3v) is 13.2. The molecule has 0 aliphatic rings. The van der Waals surface area contributed by atoms with Crippen LogP contribution in [-0.2, 0) is 47.9 Å². The average Bonchev–Trinajstić information content (AvgIpc) is 3.36. The highest BCUT2D eigenvalue weighted by molar-refractivity contribution is 5.98. The number of rotatable bonds is 42. The summed E-state index contributed by atoms with van der Waals surface area (Å²) in [7, 11) is 0. The first-order valence-electron chi connectivity index (χ1n) is 28.6. The zero-order valence-corrected chi connectivity index (χ0v) is 49.3. The van der Waals surface area contributed by atoms with Crippen molar-refractivity contribution in [2.45, 2.75) is 227 Å². The van der Waals surface area contributed by atoms with Gasteiger partial charge >= 0.3 is 0 Å². The molecule has 20 N–H and O–H groups in total. The van der Waals surface area contributed by atoms with Crippen LogP contribution < -0.4 is 76.5 Å². The van der Waals surface area contributed by atoms with E-state index in [9.17, 15) is 53.1 Å².